The summed E-state index contributed by atoms with van der Waals surface area (Å²) >= 11 is 0. The molecule has 0 aliphatic rings. The zero-order valence-corrected chi connectivity index (χ0v) is 11.3. The Morgan fingerprint density at radius 2 is 1.87 bits per heavy atom. The first kappa shape index (κ1) is 17.1. The molecule has 2 nitrogen and oxygen atoms in total. The molecule has 0 bridgehead atoms. The van der Waals surface area contributed by atoms with Crippen molar-refractivity contribution in [2.45, 2.75) is 20.9 Å². The number of rotatable bonds is 3. The summed E-state index contributed by atoms with van der Waals surface area (Å²) in [5.41, 5.74) is 2.52. The SMILES string of the molecule is C.COc1ccc(C)cc1CN(C)C.[I-]. The van der Waals surface area contributed by atoms with Gasteiger partial charge in [0.15, 0.2) is 0 Å². The van der Waals surface area contributed by atoms with Gasteiger partial charge < -0.3 is 33.6 Å². The Balaban J connectivity index is 0. The number of methoxy groups -OCH3 is 1. The van der Waals surface area contributed by atoms with Crippen molar-refractivity contribution in [3.8, 4) is 5.75 Å². The summed E-state index contributed by atoms with van der Waals surface area (Å²) < 4.78 is 5.27. The van der Waals surface area contributed by atoms with Crippen molar-refractivity contribution in [3.05, 3.63) is 29.3 Å². The molecule has 0 aliphatic heterocycles. The molecule has 0 unspecified atom stereocenters. The lowest BCUT2D eigenvalue weighted by Crippen LogP contribution is -3.00. The second-order valence-electron chi connectivity index (χ2n) is 3.55. The molecule has 0 saturated heterocycles. The van der Waals surface area contributed by atoms with Crippen molar-refractivity contribution in [2.75, 3.05) is 21.2 Å². The van der Waals surface area contributed by atoms with Gasteiger partial charge in [0.05, 0.1) is 7.11 Å². The van der Waals surface area contributed by atoms with Crippen LogP contribution in [0.25, 0.3) is 0 Å². The fraction of sp³-hybridized carbons (Fsp3) is 0.500. The normalized spacial score (nSPS) is 9.13. The van der Waals surface area contributed by atoms with Crippen molar-refractivity contribution in [1.82, 2.24) is 4.90 Å². The third-order valence-corrected chi connectivity index (χ3v) is 1.92. The lowest BCUT2D eigenvalue weighted by molar-refractivity contribution is -0.00000363. The van der Waals surface area contributed by atoms with Crippen LogP contribution in [0.2, 0.25) is 0 Å². The first-order chi connectivity index (χ1) is 6.13. The molecule has 0 N–H and O–H groups in total. The molecule has 0 aromatic heterocycles. The van der Waals surface area contributed by atoms with Crippen LogP contribution in [-0.4, -0.2) is 26.1 Å². The average Bonchev–Trinajstić information content (AvgIpc) is 2.03. The van der Waals surface area contributed by atoms with Gasteiger partial charge in [0, 0.05) is 12.1 Å². The Hall–Kier alpha value is -0.290. The van der Waals surface area contributed by atoms with E-state index >= 15 is 0 Å². The smallest absolute Gasteiger partial charge is 0.123 e. The van der Waals surface area contributed by atoms with Crippen LogP contribution in [0, 0.1) is 6.92 Å². The van der Waals surface area contributed by atoms with Crippen LogP contribution in [0.5, 0.6) is 5.75 Å². The standard InChI is InChI=1S/C11H17NO.CH4.HI/c1-9-5-6-11(13-4)10(7-9)8-12(2)3;;/h5-7H,8H2,1-4H3;1H4;1H/p-1. The van der Waals surface area contributed by atoms with Crippen LogP contribution in [-0.2, 0) is 6.54 Å². The summed E-state index contributed by atoms with van der Waals surface area (Å²) in [6.07, 6.45) is 0. The molecule has 15 heavy (non-hydrogen) atoms. The summed E-state index contributed by atoms with van der Waals surface area (Å²) in [6.45, 7) is 3.02. The highest BCUT2D eigenvalue weighted by Gasteiger charge is 2.03. The largest absolute Gasteiger partial charge is 1.00 e. The maximum absolute atomic E-state index is 5.27. The molecule has 0 radical (unpaired) electrons. The van der Waals surface area contributed by atoms with Gasteiger partial charge in [-0.25, -0.2) is 0 Å². The number of hydrogen-bond donors (Lipinski definition) is 0. The summed E-state index contributed by atoms with van der Waals surface area (Å²) in [4.78, 5) is 2.14. The second kappa shape index (κ2) is 7.93. The molecule has 1 aromatic carbocycles. The van der Waals surface area contributed by atoms with Gasteiger partial charge in [-0.2, -0.15) is 0 Å². The molecular weight excluding hydrogens is 301 g/mol. The Morgan fingerprint density at radius 3 is 2.33 bits per heavy atom. The van der Waals surface area contributed by atoms with Crippen LogP contribution >= 0.6 is 0 Å². The highest BCUT2D eigenvalue weighted by Crippen LogP contribution is 2.20. The lowest BCUT2D eigenvalue weighted by atomic mass is 10.1. The van der Waals surface area contributed by atoms with Crippen molar-refractivity contribution >= 4 is 0 Å². The van der Waals surface area contributed by atoms with E-state index in [-0.39, 0.29) is 31.4 Å². The van der Waals surface area contributed by atoms with Gasteiger partial charge in [0.25, 0.3) is 0 Å². The van der Waals surface area contributed by atoms with E-state index in [2.05, 4.69) is 38.1 Å². The number of benzene rings is 1. The van der Waals surface area contributed by atoms with E-state index in [9.17, 15) is 0 Å². The van der Waals surface area contributed by atoms with Crippen LogP contribution in [0.15, 0.2) is 18.2 Å². The molecule has 0 fully saturated rings. The molecule has 0 aliphatic carbocycles. The van der Waals surface area contributed by atoms with Gasteiger partial charge in [-0.3, -0.25) is 0 Å². The fourth-order valence-electron chi connectivity index (χ4n) is 1.37. The average molecular weight is 322 g/mol. The van der Waals surface area contributed by atoms with E-state index in [0.29, 0.717) is 0 Å². The Kier molecular flexibility index (Phi) is 9.05. The number of ether oxygens (including phenoxy) is 1. The van der Waals surface area contributed by atoms with E-state index in [0.717, 1.165) is 12.3 Å². The van der Waals surface area contributed by atoms with Crippen molar-refractivity contribution in [1.29, 1.82) is 0 Å². The molecule has 0 heterocycles. The predicted octanol–water partition coefficient (Wildman–Crippen LogP) is -0.295. The molecule has 0 saturated carbocycles. The number of aryl methyl sites for hydroxylation is 1. The second-order valence-corrected chi connectivity index (χ2v) is 3.55. The fourth-order valence-corrected chi connectivity index (χ4v) is 1.37. The zero-order valence-electron chi connectivity index (χ0n) is 9.17. The minimum absolute atomic E-state index is 0. The molecule has 0 amide bonds. The van der Waals surface area contributed by atoms with Gasteiger partial charge in [-0.1, -0.05) is 25.1 Å². The predicted molar refractivity (Wildman–Crippen MR) is 61.9 cm³/mol. The monoisotopic (exact) mass is 322 g/mol. The van der Waals surface area contributed by atoms with Crippen LogP contribution in [0.4, 0.5) is 0 Å². The van der Waals surface area contributed by atoms with Crippen molar-refractivity contribution in [3.63, 3.8) is 0 Å². The lowest BCUT2D eigenvalue weighted by Gasteiger charge is -2.13. The molecule has 88 valence electrons. The maximum atomic E-state index is 5.27. The first-order valence-electron chi connectivity index (χ1n) is 4.41. The topological polar surface area (TPSA) is 12.5 Å². The highest BCUT2D eigenvalue weighted by molar-refractivity contribution is 5.36. The summed E-state index contributed by atoms with van der Waals surface area (Å²) in [7, 11) is 5.83. The molecule has 1 rings (SSSR count). The van der Waals surface area contributed by atoms with E-state index in [1.165, 1.54) is 11.1 Å². The van der Waals surface area contributed by atoms with Gasteiger partial charge in [0.2, 0.25) is 0 Å². The maximum Gasteiger partial charge on any atom is 0.123 e. The number of halogens is 1. The van der Waals surface area contributed by atoms with Crippen LogP contribution in [0.1, 0.15) is 18.6 Å². The molecular formula is C12H21INO-. The van der Waals surface area contributed by atoms with E-state index in [4.69, 9.17) is 4.74 Å². The summed E-state index contributed by atoms with van der Waals surface area (Å²) in [5.74, 6) is 0.972. The molecule has 1 aromatic rings. The minimum Gasteiger partial charge on any atom is -1.00 e. The molecule has 0 atom stereocenters. The zero-order chi connectivity index (χ0) is 9.84. The minimum atomic E-state index is 0. The van der Waals surface area contributed by atoms with Crippen LogP contribution < -0.4 is 28.7 Å². The third kappa shape index (κ3) is 5.37. The Bertz CT molecular complexity index is 287. The van der Waals surface area contributed by atoms with Gasteiger partial charge in [-0.05, 0) is 27.1 Å². The van der Waals surface area contributed by atoms with E-state index in [1.807, 2.05) is 6.07 Å². The number of nitrogens with zero attached hydrogens (tertiary/aromatic N) is 1. The Morgan fingerprint density at radius 1 is 1.27 bits per heavy atom. The van der Waals surface area contributed by atoms with E-state index in [1.54, 1.807) is 7.11 Å². The summed E-state index contributed by atoms with van der Waals surface area (Å²) in [5, 5.41) is 0. The summed E-state index contributed by atoms with van der Waals surface area (Å²) in [6, 6.07) is 6.25. The van der Waals surface area contributed by atoms with Crippen molar-refractivity contribution < 1.29 is 28.7 Å². The molecule has 0 spiro atoms. The number of hydrogen-bond acceptors (Lipinski definition) is 2. The van der Waals surface area contributed by atoms with Gasteiger partial charge in [-0.15, -0.1) is 0 Å². The van der Waals surface area contributed by atoms with Gasteiger partial charge >= 0.3 is 0 Å². The van der Waals surface area contributed by atoms with E-state index < -0.39 is 0 Å². The van der Waals surface area contributed by atoms with Crippen molar-refractivity contribution in [2.24, 2.45) is 0 Å². The highest BCUT2D eigenvalue weighted by atomic mass is 127. The Labute approximate surface area is 111 Å². The quantitative estimate of drug-likeness (QED) is 0.709. The van der Waals surface area contributed by atoms with Gasteiger partial charge in [0.1, 0.15) is 5.75 Å². The molecule has 3 heteroatoms. The third-order valence-electron chi connectivity index (χ3n) is 1.92. The van der Waals surface area contributed by atoms with Crippen LogP contribution in [0.3, 0.4) is 0 Å². The first-order valence-corrected chi connectivity index (χ1v) is 4.41.